The number of hydrogen-bond acceptors (Lipinski definition) is 3. The van der Waals surface area contributed by atoms with Gasteiger partial charge in [0.1, 0.15) is 5.82 Å². The van der Waals surface area contributed by atoms with E-state index in [1.807, 2.05) is 6.92 Å². The second-order valence-electron chi connectivity index (χ2n) is 7.48. The number of aromatic nitrogens is 2. The quantitative estimate of drug-likeness (QED) is 0.825. The Morgan fingerprint density at radius 1 is 1.17 bits per heavy atom. The van der Waals surface area contributed by atoms with Gasteiger partial charge in [-0.3, -0.25) is 4.79 Å². The Balaban J connectivity index is 1.92. The van der Waals surface area contributed by atoms with Crippen LogP contribution in [0.3, 0.4) is 0 Å². The fraction of sp³-hybridized carbons (Fsp3) is 0.737. The number of nitrogens with zero attached hydrogens (tertiary/aromatic N) is 3. The van der Waals surface area contributed by atoms with Crippen LogP contribution in [0.15, 0.2) is 6.20 Å². The van der Waals surface area contributed by atoms with E-state index in [-0.39, 0.29) is 11.8 Å². The van der Waals surface area contributed by atoms with Crippen LogP contribution in [0.2, 0.25) is 0 Å². The van der Waals surface area contributed by atoms with Crippen molar-refractivity contribution in [3.8, 4) is 0 Å². The van der Waals surface area contributed by atoms with Crippen LogP contribution in [-0.2, 0) is 0 Å². The monoisotopic (exact) mass is 315 g/mol. The molecule has 1 aliphatic carbocycles. The molecule has 2 unspecified atom stereocenters. The number of amides is 1. The molecular weight excluding hydrogens is 286 g/mol. The zero-order chi connectivity index (χ0) is 16.4. The third kappa shape index (κ3) is 3.41. The molecule has 1 amide bonds. The van der Waals surface area contributed by atoms with Crippen LogP contribution in [0, 0.1) is 12.8 Å². The highest BCUT2D eigenvalue weighted by atomic mass is 16.2. The van der Waals surface area contributed by atoms with Gasteiger partial charge >= 0.3 is 0 Å². The maximum Gasteiger partial charge on any atom is 0.257 e. The van der Waals surface area contributed by atoms with Crippen molar-refractivity contribution in [2.75, 3.05) is 6.54 Å². The molecule has 1 aromatic heterocycles. The lowest BCUT2D eigenvalue weighted by Crippen LogP contribution is -2.45. The first kappa shape index (κ1) is 16.4. The first-order chi connectivity index (χ1) is 11.1. The smallest absolute Gasteiger partial charge is 0.257 e. The molecule has 0 N–H and O–H groups in total. The van der Waals surface area contributed by atoms with E-state index in [1.54, 1.807) is 6.20 Å². The molecule has 2 fully saturated rings. The highest BCUT2D eigenvalue weighted by Gasteiger charge is 2.35. The minimum Gasteiger partial charge on any atom is -0.335 e. The third-order valence-electron chi connectivity index (χ3n) is 5.47. The molecule has 126 valence electrons. The van der Waals surface area contributed by atoms with E-state index >= 15 is 0 Å². The largest absolute Gasteiger partial charge is 0.335 e. The Kier molecular flexibility index (Phi) is 4.98. The summed E-state index contributed by atoms with van der Waals surface area (Å²) in [5, 5.41) is 0. The second kappa shape index (κ2) is 6.98. The number of carbonyl (C=O) groups is 1. The number of rotatable bonds is 2. The highest BCUT2D eigenvalue weighted by Crippen LogP contribution is 2.35. The molecule has 23 heavy (non-hydrogen) atoms. The normalized spacial score (nSPS) is 25.1. The second-order valence-corrected chi connectivity index (χ2v) is 7.48. The molecule has 0 spiro atoms. The fourth-order valence-electron chi connectivity index (χ4n) is 4.29. The van der Waals surface area contributed by atoms with Crippen LogP contribution in [0.5, 0.6) is 0 Å². The molecule has 2 aliphatic rings. The summed E-state index contributed by atoms with van der Waals surface area (Å²) >= 11 is 0. The van der Waals surface area contributed by atoms with E-state index in [9.17, 15) is 4.79 Å². The molecule has 1 saturated carbocycles. The minimum atomic E-state index is 0.160. The maximum absolute atomic E-state index is 13.3. The van der Waals surface area contributed by atoms with Crippen LogP contribution < -0.4 is 0 Å². The van der Waals surface area contributed by atoms with Gasteiger partial charge in [-0.25, -0.2) is 9.97 Å². The predicted molar refractivity (Wildman–Crippen MR) is 91.5 cm³/mol. The van der Waals surface area contributed by atoms with E-state index in [2.05, 4.69) is 28.7 Å². The Morgan fingerprint density at radius 2 is 1.87 bits per heavy atom. The summed E-state index contributed by atoms with van der Waals surface area (Å²) in [7, 11) is 0. The van der Waals surface area contributed by atoms with Crippen LogP contribution in [-0.4, -0.2) is 33.4 Å². The van der Waals surface area contributed by atoms with Crippen LogP contribution in [0.4, 0.5) is 0 Å². The van der Waals surface area contributed by atoms with E-state index in [0.29, 0.717) is 12.0 Å². The first-order valence-corrected chi connectivity index (χ1v) is 9.22. The summed E-state index contributed by atoms with van der Waals surface area (Å²) in [6.07, 6.45) is 10.5. The van der Waals surface area contributed by atoms with Crippen molar-refractivity contribution in [1.29, 1.82) is 0 Å². The summed E-state index contributed by atoms with van der Waals surface area (Å²) in [5.74, 6) is 1.85. The number of aryl methyl sites for hydroxylation is 1. The van der Waals surface area contributed by atoms with Gasteiger partial charge in [0.25, 0.3) is 5.91 Å². The van der Waals surface area contributed by atoms with Gasteiger partial charge in [-0.1, -0.05) is 33.1 Å². The van der Waals surface area contributed by atoms with Crippen LogP contribution in [0.25, 0.3) is 0 Å². The van der Waals surface area contributed by atoms with Gasteiger partial charge in [0.15, 0.2) is 0 Å². The lowest BCUT2D eigenvalue weighted by atomic mass is 9.81. The Labute approximate surface area is 139 Å². The number of hydrogen-bond donors (Lipinski definition) is 0. The van der Waals surface area contributed by atoms with Gasteiger partial charge in [-0.05, 0) is 44.4 Å². The minimum absolute atomic E-state index is 0.160. The molecular formula is C19H29N3O. The van der Waals surface area contributed by atoms with Crippen molar-refractivity contribution in [2.45, 2.75) is 77.7 Å². The van der Waals surface area contributed by atoms with Crippen molar-refractivity contribution in [3.05, 3.63) is 23.3 Å². The SMILES string of the molecule is Cc1ncc(C(=O)N2CCCCC3CCCCC32)c(C(C)C)n1. The van der Waals surface area contributed by atoms with Crippen molar-refractivity contribution in [1.82, 2.24) is 14.9 Å². The average Bonchev–Trinajstić information content (AvgIpc) is 2.76. The van der Waals surface area contributed by atoms with Gasteiger partial charge in [0, 0.05) is 18.8 Å². The number of likely N-dealkylation sites (tertiary alicyclic amines) is 1. The summed E-state index contributed by atoms with van der Waals surface area (Å²) < 4.78 is 0. The molecule has 2 atom stereocenters. The molecule has 0 aromatic carbocycles. The Morgan fingerprint density at radius 3 is 2.61 bits per heavy atom. The van der Waals surface area contributed by atoms with Gasteiger partial charge in [-0.15, -0.1) is 0 Å². The molecule has 1 aromatic rings. The molecule has 2 heterocycles. The summed E-state index contributed by atoms with van der Waals surface area (Å²) in [6, 6.07) is 0.431. The van der Waals surface area contributed by atoms with E-state index in [4.69, 9.17) is 0 Å². The standard InChI is InChI=1S/C19H29N3O/c1-13(2)18-16(12-20-14(3)21-18)19(23)22-11-7-6-9-15-8-4-5-10-17(15)22/h12-13,15,17H,4-11H2,1-3H3. The van der Waals surface area contributed by atoms with Crippen molar-refractivity contribution >= 4 is 5.91 Å². The zero-order valence-electron chi connectivity index (χ0n) is 14.7. The topological polar surface area (TPSA) is 46.1 Å². The molecule has 4 heteroatoms. The summed E-state index contributed by atoms with van der Waals surface area (Å²) in [6.45, 7) is 6.99. The van der Waals surface area contributed by atoms with Crippen molar-refractivity contribution < 1.29 is 4.79 Å². The van der Waals surface area contributed by atoms with E-state index < -0.39 is 0 Å². The Bertz CT molecular complexity index is 570. The third-order valence-corrected chi connectivity index (χ3v) is 5.47. The molecule has 1 saturated heterocycles. The van der Waals surface area contributed by atoms with Crippen LogP contribution in [0.1, 0.15) is 86.6 Å². The number of carbonyl (C=O) groups excluding carboxylic acids is 1. The predicted octanol–water partition coefficient (Wildman–Crippen LogP) is 4.09. The zero-order valence-corrected chi connectivity index (χ0v) is 14.7. The number of fused-ring (bicyclic) bond motifs is 1. The lowest BCUT2D eigenvalue weighted by Gasteiger charge is -2.38. The lowest BCUT2D eigenvalue weighted by molar-refractivity contribution is 0.0566. The summed E-state index contributed by atoms with van der Waals surface area (Å²) in [4.78, 5) is 24.3. The van der Waals surface area contributed by atoms with Gasteiger partial charge in [0.05, 0.1) is 11.3 Å². The van der Waals surface area contributed by atoms with Crippen molar-refractivity contribution in [2.24, 2.45) is 5.92 Å². The summed E-state index contributed by atoms with van der Waals surface area (Å²) in [5.41, 5.74) is 1.62. The average molecular weight is 315 g/mol. The molecule has 0 radical (unpaired) electrons. The molecule has 4 nitrogen and oxygen atoms in total. The van der Waals surface area contributed by atoms with E-state index in [0.717, 1.165) is 30.0 Å². The first-order valence-electron chi connectivity index (χ1n) is 9.22. The van der Waals surface area contributed by atoms with E-state index in [1.165, 1.54) is 38.5 Å². The fourth-order valence-corrected chi connectivity index (χ4v) is 4.29. The van der Waals surface area contributed by atoms with Gasteiger partial charge < -0.3 is 4.90 Å². The van der Waals surface area contributed by atoms with Gasteiger partial charge in [0.2, 0.25) is 0 Å². The highest BCUT2D eigenvalue weighted by molar-refractivity contribution is 5.95. The molecule has 0 bridgehead atoms. The van der Waals surface area contributed by atoms with Gasteiger partial charge in [-0.2, -0.15) is 0 Å². The van der Waals surface area contributed by atoms with Crippen molar-refractivity contribution in [3.63, 3.8) is 0 Å². The Hall–Kier alpha value is -1.45. The van der Waals surface area contributed by atoms with Crippen LogP contribution >= 0.6 is 0 Å². The molecule has 3 rings (SSSR count). The maximum atomic E-state index is 13.3. The molecule has 1 aliphatic heterocycles.